The van der Waals surface area contributed by atoms with Gasteiger partial charge in [0.2, 0.25) is 0 Å². The maximum atomic E-state index is 5.65. The first kappa shape index (κ1) is 15.4. The number of aromatic nitrogens is 2. The maximum absolute atomic E-state index is 5.65. The Morgan fingerprint density at radius 3 is 2.67 bits per heavy atom. The van der Waals surface area contributed by atoms with Gasteiger partial charge in [0.1, 0.15) is 12.1 Å². The standard InChI is InChI=1S/C16H20N4S/c1-2-6-13-11-16(19-12-18-13)20(10-9-15(17)21)14-7-4-3-5-8-14/h3-5,7-8,11-12H,2,6,9-10H2,1H3,(H2,17,21). The fourth-order valence-electron chi connectivity index (χ4n) is 2.13. The monoisotopic (exact) mass is 300 g/mol. The summed E-state index contributed by atoms with van der Waals surface area (Å²) in [6.45, 7) is 2.85. The first-order valence-electron chi connectivity index (χ1n) is 7.12. The van der Waals surface area contributed by atoms with Gasteiger partial charge in [-0.2, -0.15) is 0 Å². The highest BCUT2D eigenvalue weighted by molar-refractivity contribution is 7.80. The van der Waals surface area contributed by atoms with E-state index in [1.165, 1.54) is 0 Å². The van der Waals surface area contributed by atoms with Gasteiger partial charge in [-0.1, -0.05) is 43.8 Å². The van der Waals surface area contributed by atoms with E-state index in [2.05, 4.69) is 33.9 Å². The molecule has 110 valence electrons. The summed E-state index contributed by atoms with van der Waals surface area (Å²) in [5, 5.41) is 0. The third-order valence-corrected chi connectivity index (χ3v) is 3.35. The minimum atomic E-state index is 0.513. The van der Waals surface area contributed by atoms with E-state index >= 15 is 0 Å². The van der Waals surface area contributed by atoms with Crippen LogP contribution in [0.3, 0.4) is 0 Å². The molecule has 0 amide bonds. The zero-order valence-corrected chi connectivity index (χ0v) is 13.0. The van der Waals surface area contributed by atoms with Crippen LogP contribution in [0.2, 0.25) is 0 Å². The topological polar surface area (TPSA) is 55.0 Å². The number of nitrogens with two attached hydrogens (primary N) is 1. The van der Waals surface area contributed by atoms with Gasteiger partial charge in [-0.25, -0.2) is 9.97 Å². The summed E-state index contributed by atoms with van der Waals surface area (Å²) in [6, 6.07) is 12.2. The number of hydrogen-bond acceptors (Lipinski definition) is 4. The van der Waals surface area contributed by atoms with Crippen LogP contribution in [0.25, 0.3) is 0 Å². The van der Waals surface area contributed by atoms with Crippen LogP contribution in [0, 0.1) is 0 Å². The summed E-state index contributed by atoms with van der Waals surface area (Å²) in [6.07, 6.45) is 4.29. The second-order valence-corrected chi connectivity index (χ2v) is 5.35. The van der Waals surface area contributed by atoms with Gasteiger partial charge in [-0.3, -0.25) is 0 Å². The molecule has 0 spiro atoms. The lowest BCUT2D eigenvalue weighted by Gasteiger charge is -2.24. The number of anilines is 2. The molecule has 1 heterocycles. The third-order valence-electron chi connectivity index (χ3n) is 3.14. The van der Waals surface area contributed by atoms with Crippen LogP contribution in [-0.2, 0) is 6.42 Å². The number of nitrogens with zero attached hydrogens (tertiary/aromatic N) is 3. The van der Waals surface area contributed by atoms with Crippen LogP contribution >= 0.6 is 12.2 Å². The molecule has 0 radical (unpaired) electrons. The molecule has 5 heteroatoms. The van der Waals surface area contributed by atoms with Crippen molar-refractivity contribution in [1.82, 2.24) is 9.97 Å². The number of rotatable bonds is 7. The van der Waals surface area contributed by atoms with E-state index in [0.29, 0.717) is 18.0 Å². The van der Waals surface area contributed by atoms with Crippen molar-refractivity contribution in [3.05, 3.63) is 48.4 Å². The van der Waals surface area contributed by atoms with E-state index in [1.807, 2.05) is 24.3 Å². The zero-order valence-electron chi connectivity index (χ0n) is 12.2. The lowest BCUT2D eigenvalue weighted by molar-refractivity contribution is 0.860. The summed E-state index contributed by atoms with van der Waals surface area (Å²) >= 11 is 5.00. The predicted molar refractivity (Wildman–Crippen MR) is 90.9 cm³/mol. The number of para-hydroxylation sites is 1. The van der Waals surface area contributed by atoms with Gasteiger partial charge < -0.3 is 10.6 Å². The second kappa shape index (κ2) is 7.69. The van der Waals surface area contributed by atoms with Crippen LogP contribution in [0.15, 0.2) is 42.7 Å². The lowest BCUT2D eigenvalue weighted by Crippen LogP contribution is -2.24. The van der Waals surface area contributed by atoms with Crippen LogP contribution in [0.1, 0.15) is 25.5 Å². The molecule has 0 fully saturated rings. The Morgan fingerprint density at radius 2 is 2.00 bits per heavy atom. The lowest BCUT2D eigenvalue weighted by atomic mass is 10.2. The van der Waals surface area contributed by atoms with Crippen LogP contribution in [0.5, 0.6) is 0 Å². The van der Waals surface area contributed by atoms with Gasteiger partial charge in [0.05, 0.1) is 4.99 Å². The summed E-state index contributed by atoms with van der Waals surface area (Å²) in [7, 11) is 0. The van der Waals surface area contributed by atoms with Crippen molar-refractivity contribution < 1.29 is 0 Å². The molecule has 2 rings (SSSR count). The molecule has 2 N–H and O–H groups in total. The predicted octanol–water partition coefficient (Wildman–Crippen LogP) is 3.24. The maximum Gasteiger partial charge on any atom is 0.136 e. The molecule has 0 saturated carbocycles. The van der Waals surface area contributed by atoms with Gasteiger partial charge in [0, 0.05) is 30.4 Å². The number of aryl methyl sites for hydroxylation is 1. The molecule has 0 bridgehead atoms. The fourth-order valence-corrected chi connectivity index (χ4v) is 2.22. The molecule has 0 atom stereocenters. The van der Waals surface area contributed by atoms with Crippen LogP contribution in [0.4, 0.5) is 11.5 Å². The Balaban J connectivity index is 2.30. The van der Waals surface area contributed by atoms with E-state index < -0.39 is 0 Å². The molecular weight excluding hydrogens is 280 g/mol. The van der Waals surface area contributed by atoms with E-state index in [-0.39, 0.29) is 0 Å². The van der Waals surface area contributed by atoms with Crippen molar-refractivity contribution in [2.45, 2.75) is 26.2 Å². The van der Waals surface area contributed by atoms with Crippen LogP contribution in [-0.4, -0.2) is 21.5 Å². The van der Waals surface area contributed by atoms with E-state index in [0.717, 1.165) is 30.0 Å². The van der Waals surface area contributed by atoms with E-state index in [1.54, 1.807) is 6.33 Å². The van der Waals surface area contributed by atoms with Crippen molar-refractivity contribution in [2.24, 2.45) is 5.73 Å². The van der Waals surface area contributed by atoms with Gasteiger partial charge in [0.25, 0.3) is 0 Å². The Bertz CT molecular complexity index is 586. The highest BCUT2D eigenvalue weighted by Crippen LogP contribution is 2.23. The molecule has 0 saturated heterocycles. The quantitative estimate of drug-likeness (QED) is 0.796. The van der Waals surface area contributed by atoms with Crippen molar-refractivity contribution in [1.29, 1.82) is 0 Å². The van der Waals surface area contributed by atoms with Crippen molar-refractivity contribution in [3.63, 3.8) is 0 Å². The molecule has 0 aliphatic rings. The number of thiocarbonyl (C=S) groups is 1. The first-order chi connectivity index (χ1) is 10.2. The Labute approximate surface area is 131 Å². The SMILES string of the molecule is CCCc1cc(N(CCC(N)=S)c2ccccc2)ncn1. The summed E-state index contributed by atoms with van der Waals surface area (Å²) in [5.41, 5.74) is 7.78. The first-order valence-corrected chi connectivity index (χ1v) is 7.53. The minimum absolute atomic E-state index is 0.513. The summed E-state index contributed by atoms with van der Waals surface area (Å²) in [5.74, 6) is 0.885. The van der Waals surface area contributed by atoms with Crippen LogP contribution < -0.4 is 10.6 Å². The highest BCUT2D eigenvalue weighted by atomic mass is 32.1. The Morgan fingerprint density at radius 1 is 1.24 bits per heavy atom. The van der Waals surface area contributed by atoms with Gasteiger partial charge in [-0.05, 0) is 18.6 Å². The number of hydrogen-bond donors (Lipinski definition) is 1. The Hall–Kier alpha value is -2.01. The fraction of sp³-hybridized carbons (Fsp3) is 0.312. The molecule has 1 aromatic heterocycles. The molecule has 0 aliphatic heterocycles. The third kappa shape index (κ3) is 4.49. The minimum Gasteiger partial charge on any atom is -0.393 e. The number of benzene rings is 1. The normalized spacial score (nSPS) is 10.3. The van der Waals surface area contributed by atoms with Crippen molar-refractivity contribution >= 4 is 28.7 Å². The highest BCUT2D eigenvalue weighted by Gasteiger charge is 2.11. The van der Waals surface area contributed by atoms with Gasteiger partial charge >= 0.3 is 0 Å². The average Bonchev–Trinajstić information content (AvgIpc) is 2.49. The van der Waals surface area contributed by atoms with Crippen molar-refractivity contribution in [3.8, 4) is 0 Å². The van der Waals surface area contributed by atoms with Gasteiger partial charge in [0.15, 0.2) is 0 Å². The Kier molecular flexibility index (Phi) is 5.63. The molecule has 4 nitrogen and oxygen atoms in total. The van der Waals surface area contributed by atoms with E-state index in [4.69, 9.17) is 18.0 Å². The van der Waals surface area contributed by atoms with Gasteiger partial charge in [-0.15, -0.1) is 0 Å². The summed E-state index contributed by atoms with van der Waals surface area (Å²) < 4.78 is 0. The van der Waals surface area contributed by atoms with E-state index in [9.17, 15) is 0 Å². The molecule has 21 heavy (non-hydrogen) atoms. The van der Waals surface area contributed by atoms with Crippen molar-refractivity contribution in [2.75, 3.05) is 11.4 Å². The second-order valence-electron chi connectivity index (χ2n) is 4.82. The molecule has 0 aliphatic carbocycles. The molecule has 1 aromatic carbocycles. The zero-order chi connectivity index (χ0) is 15.1. The molecule has 0 unspecified atom stereocenters. The summed E-state index contributed by atoms with van der Waals surface area (Å²) in [4.78, 5) is 11.4. The smallest absolute Gasteiger partial charge is 0.136 e. The largest absolute Gasteiger partial charge is 0.393 e. The molecule has 2 aromatic rings. The average molecular weight is 300 g/mol. The molecular formula is C16H20N4S.